The molecular formula is C14H19Cl2NO. The zero-order chi connectivity index (χ0) is 13.0. The average Bonchev–Trinajstić information content (AvgIpc) is 2.38. The minimum absolute atomic E-state index is 0.274. The van der Waals surface area contributed by atoms with Crippen LogP contribution in [0.25, 0.3) is 0 Å². The molecule has 0 radical (unpaired) electrons. The van der Waals surface area contributed by atoms with E-state index in [1.54, 1.807) is 6.07 Å². The van der Waals surface area contributed by atoms with Gasteiger partial charge in [-0.15, -0.1) is 0 Å². The van der Waals surface area contributed by atoms with Gasteiger partial charge in [0, 0.05) is 10.0 Å². The Balaban J connectivity index is 1.93. The molecule has 2 atom stereocenters. The van der Waals surface area contributed by atoms with Crippen LogP contribution in [0.2, 0.25) is 10.0 Å². The van der Waals surface area contributed by atoms with Crippen molar-refractivity contribution in [2.75, 3.05) is 6.54 Å². The third-order valence-corrected chi connectivity index (χ3v) is 4.20. The van der Waals surface area contributed by atoms with Gasteiger partial charge in [0.2, 0.25) is 0 Å². The Bertz CT molecular complexity index is 397. The van der Waals surface area contributed by atoms with E-state index in [-0.39, 0.29) is 6.10 Å². The van der Waals surface area contributed by atoms with Crippen LogP contribution in [0.5, 0.6) is 0 Å². The van der Waals surface area contributed by atoms with Crippen molar-refractivity contribution in [3.05, 3.63) is 33.8 Å². The van der Waals surface area contributed by atoms with Crippen LogP contribution >= 0.6 is 23.2 Å². The quantitative estimate of drug-likeness (QED) is 0.908. The van der Waals surface area contributed by atoms with Crippen molar-refractivity contribution in [1.82, 2.24) is 0 Å². The van der Waals surface area contributed by atoms with Crippen molar-refractivity contribution in [3.8, 4) is 0 Å². The second kappa shape index (κ2) is 6.76. The van der Waals surface area contributed by atoms with Crippen LogP contribution in [0.4, 0.5) is 0 Å². The molecule has 2 unspecified atom stereocenters. The molecule has 0 heterocycles. The summed E-state index contributed by atoms with van der Waals surface area (Å²) in [5.41, 5.74) is 6.78. The molecule has 1 aromatic carbocycles. The molecule has 0 aromatic heterocycles. The van der Waals surface area contributed by atoms with E-state index >= 15 is 0 Å². The fourth-order valence-corrected chi connectivity index (χ4v) is 2.96. The normalized spacial score (nSPS) is 24.2. The Labute approximate surface area is 118 Å². The highest BCUT2D eigenvalue weighted by molar-refractivity contribution is 6.35. The van der Waals surface area contributed by atoms with Crippen LogP contribution in [-0.2, 0) is 11.3 Å². The van der Waals surface area contributed by atoms with Crippen LogP contribution < -0.4 is 5.73 Å². The highest BCUT2D eigenvalue weighted by atomic mass is 35.5. The number of halogens is 2. The van der Waals surface area contributed by atoms with Gasteiger partial charge >= 0.3 is 0 Å². The van der Waals surface area contributed by atoms with Crippen molar-refractivity contribution >= 4 is 23.2 Å². The van der Waals surface area contributed by atoms with Gasteiger partial charge in [-0.25, -0.2) is 0 Å². The molecule has 4 heteroatoms. The van der Waals surface area contributed by atoms with Gasteiger partial charge in [0.15, 0.2) is 0 Å². The maximum atomic E-state index is 6.13. The van der Waals surface area contributed by atoms with Crippen LogP contribution in [0.3, 0.4) is 0 Å². The summed E-state index contributed by atoms with van der Waals surface area (Å²) >= 11 is 12.0. The lowest BCUT2D eigenvalue weighted by Gasteiger charge is -2.30. The van der Waals surface area contributed by atoms with Gasteiger partial charge in [0.25, 0.3) is 0 Å². The van der Waals surface area contributed by atoms with Crippen molar-refractivity contribution in [1.29, 1.82) is 0 Å². The third-order valence-electron chi connectivity index (χ3n) is 3.61. The first-order valence-corrected chi connectivity index (χ1v) is 7.22. The zero-order valence-corrected chi connectivity index (χ0v) is 11.9. The first-order valence-electron chi connectivity index (χ1n) is 6.46. The van der Waals surface area contributed by atoms with Crippen LogP contribution in [-0.4, -0.2) is 12.6 Å². The maximum Gasteiger partial charge on any atom is 0.0735 e. The molecule has 2 N–H and O–H groups in total. The van der Waals surface area contributed by atoms with E-state index in [9.17, 15) is 0 Å². The summed E-state index contributed by atoms with van der Waals surface area (Å²) in [6.07, 6.45) is 5.05. The molecule has 100 valence electrons. The molecule has 1 fully saturated rings. The van der Waals surface area contributed by atoms with Crippen molar-refractivity contribution in [2.45, 2.75) is 38.4 Å². The molecule has 0 bridgehead atoms. The van der Waals surface area contributed by atoms with Crippen molar-refractivity contribution in [3.63, 3.8) is 0 Å². The summed E-state index contributed by atoms with van der Waals surface area (Å²) in [4.78, 5) is 0. The van der Waals surface area contributed by atoms with Gasteiger partial charge in [-0.3, -0.25) is 0 Å². The zero-order valence-electron chi connectivity index (χ0n) is 10.4. The molecule has 2 nitrogen and oxygen atoms in total. The molecule has 18 heavy (non-hydrogen) atoms. The van der Waals surface area contributed by atoms with Crippen LogP contribution in [0, 0.1) is 5.92 Å². The molecule has 0 saturated heterocycles. The number of hydrogen-bond donors (Lipinski definition) is 1. The van der Waals surface area contributed by atoms with Crippen LogP contribution in [0.15, 0.2) is 18.2 Å². The van der Waals surface area contributed by atoms with E-state index in [2.05, 4.69) is 0 Å². The minimum Gasteiger partial charge on any atom is -0.373 e. The van der Waals surface area contributed by atoms with E-state index in [4.69, 9.17) is 33.7 Å². The predicted molar refractivity (Wildman–Crippen MR) is 76.1 cm³/mol. The van der Waals surface area contributed by atoms with E-state index in [0.29, 0.717) is 29.1 Å². The van der Waals surface area contributed by atoms with E-state index in [1.807, 2.05) is 12.1 Å². The molecule has 1 aromatic rings. The maximum absolute atomic E-state index is 6.13. The fourth-order valence-electron chi connectivity index (χ4n) is 2.50. The first-order chi connectivity index (χ1) is 8.70. The SMILES string of the molecule is NCC1CCCCC1OCc1ccc(Cl)cc1Cl. The van der Waals surface area contributed by atoms with E-state index in [1.165, 1.54) is 19.3 Å². The van der Waals surface area contributed by atoms with Gasteiger partial charge in [0.05, 0.1) is 12.7 Å². The summed E-state index contributed by atoms with van der Waals surface area (Å²) in [5, 5.41) is 1.32. The van der Waals surface area contributed by atoms with Gasteiger partial charge in [-0.1, -0.05) is 42.1 Å². The second-order valence-corrected chi connectivity index (χ2v) is 5.71. The minimum atomic E-state index is 0.274. The number of benzene rings is 1. The van der Waals surface area contributed by atoms with E-state index < -0.39 is 0 Å². The highest BCUT2D eigenvalue weighted by Gasteiger charge is 2.24. The monoisotopic (exact) mass is 287 g/mol. The molecule has 2 rings (SSSR count). The Hall–Kier alpha value is -0.280. The Morgan fingerprint density at radius 1 is 1.22 bits per heavy atom. The van der Waals surface area contributed by atoms with Crippen LogP contribution in [0.1, 0.15) is 31.2 Å². The summed E-state index contributed by atoms with van der Waals surface area (Å²) in [7, 11) is 0. The number of hydrogen-bond acceptors (Lipinski definition) is 2. The van der Waals surface area contributed by atoms with Crippen molar-refractivity contribution in [2.24, 2.45) is 11.7 Å². The summed E-state index contributed by atoms with van der Waals surface area (Å²) in [6.45, 7) is 1.25. The fraction of sp³-hybridized carbons (Fsp3) is 0.571. The molecule has 0 aliphatic heterocycles. The predicted octanol–water partition coefficient (Wildman–Crippen LogP) is 4.03. The standard InChI is InChI=1S/C14H19Cl2NO/c15-12-6-5-11(13(16)7-12)9-18-14-4-2-1-3-10(14)8-17/h5-7,10,14H,1-4,8-9,17H2. The summed E-state index contributed by atoms with van der Waals surface area (Å²) < 4.78 is 5.99. The Morgan fingerprint density at radius 2 is 2.00 bits per heavy atom. The molecule has 1 aliphatic rings. The van der Waals surface area contributed by atoms with E-state index in [0.717, 1.165) is 12.0 Å². The number of rotatable bonds is 4. The summed E-state index contributed by atoms with van der Waals surface area (Å²) in [6, 6.07) is 5.52. The third kappa shape index (κ3) is 3.61. The highest BCUT2D eigenvalue weighted by Crippen LogP contribution is 2.28. The lowest BCUT2D eigenvalue weighted by Crippen LogP contribution is -2.33. The smallest absolute Gasteiger partial charge is 0.0735 e. The Morgan fingerprint density at radius 3 is 2.72 bits per heavy atom. The molecule has 1 saturated carbocycles. The van der Waals surface area contributed by atoms with Gasteiger partial charge < -0.3 is 10.5 Å². The molecular weight excluding hydrogens is 269 g/mol. The lowest BCUT2D eigenvalue weighted by atomic mass is 9.86. The Kier molecular flexibility index (Phi) is 5.31. The molecule has 0 spiro atoms. The topological polar surface area (TPSA) is 35.2 Å². The first kappa shape index (κ1) is 14.1. The van der Waals surface area contributed by atoms with Gasteiger partial charge in [-0.2, -0.15) is 0 Å². The average molecular weight is 288 g/mol. The summed E-state index contributed by atoms with van der Waals surface area (Å²) in [5.74, 6) is 0.491. The van der Waals surface area contributed by atoms with Gasteiger partial charge in [-0.05, 0) is 43.0 Å². The second-order valence-electron chi connectivity index (χ2n) is 4.87. The van der Waals surface area contributed by atoms with Crippen molar-refractivity contribution < 1.29 is 4.74 Å². The molecule has 1 aliphatic carbocycles. The lowest BCUT2D eigenvalue weighted by molar-refractivity contribution is -0.0182. The van der Waals surface area contributed by atoms with Gasteiger partial charge in [0.1, 0.15) is 0 Å². The number of nitrogens with two attached hydrogens (primary N) is 1. The largest absolute Gasteiger partial charge is 0.373 e. The molecule has 0 amide bonds. The number of ether oxygens (including phenoxy) is 1.